The predicted octanol–water partition coefficient (Wildman–Crippen LogP) is 3.18. The summed E-state index contributed by atoms with van der Waals surface area (Å²) >= 11 is 0. The zero-order valence-corrected chi connectivity index (χ0v) is 10.9. The number of hydrogen-bond acceptors (Lipinski definition) is 4. The molecule has 1 amide bonds. The van der Waals surface area contributed by atoms with Gasteiger partial charge in [-0.15, -0.1) is 5.11 Å². The lowest BCUT2D eigenvalue weighted by molar-refractivity contribution is -0.126. The Balaban J connectivity index is 2.16. The van der Waals surface area contributed by atoms with Crippen LogP contribution in [0.2, 0.25) is 0 Å². The first-order chi connectivity index (χ1) is 9.18. The number of hydrogen-bond donors (Lipinski definition) is 1. The van der Waals surface area contributed by atoms with Crippen LogP contribution < -0.4 is 0 Å². The zero-order valence-electron chi connectivity index (χ0n) is 10.9. The van der Waals surface area contributed by atoms with Gasteiger partial charge in [0.2, 0.25) is 0 Å². The fourth-order valence-corrected chi connectivity index (χ4v) is 1.94. The van der Waals surface area contributed by atoms with E-state index < -0.39 is 0 Å². The molecule has 1 aromatic carbocycles. The van der Waals surface area contributed by atoms with Crippen LogP contribution in [0.25, 0.3) is 0 Å². The van der Waals surface area contributed by atoms with E-state index in [1.165, 1.54) is 6.92 Å². The van der Waals surface area contributed by atoms with Gasteiger partial charge in [-0.3, -0.25) is 4.79 Å². The molecule has 1 fully saturated rings. The smallest absolute Gasteiger partial charge is 0.277 e. The van der Waals surface area contributed by atoms with Crippen molar-refractivity contribution in [2.45, 2.75) is 19.8 Å². The number of azo groups is 1. The maximum absolute atomic E-state index is 12.2. The normalized spacial score (nSPS) is 16.8. The Hall–Kier alpha value is -2.17. The lowest BCUT2D eigenvalue weighted by atomic mass is 10.3. The number of amides is 1. The summed E-state index contributed by atoms with van der Waals surface area (Å²) in [5.41, 5.74) is 0.668. The van der Waals surface area contributed by atoms with E-state index in [1.54, 1.807) is 17.0 Å². The molecule has 1 aliphatic heterocycles. The Morgan fingerprint density at radius 1 is 1.21 bits per heavy atom. The van der Waals surface area contributed by atoms with Crippen LogP contribution in [-0.2, 0) is 4.79 Å². The molecule has 0 radical (unpaired) electrons. The summed E-state index contributed by atoms with van der Waals surface area (Å²) < 4.78 is 0. The molecule has 19 heavy (non-hydrogen) atoms. The average molecular weight is 259 g/mol. The second-order valence-corrected chi connectivity index (χ2v) is 4.47. The van der Waals surface area contributed by atoms with Crippen LogP contribution in [0.3, 0.4) is 0 Å². The van der Waals surface area contributed by atoms with Gasteiger partial charge in [-0.1, -0.05) is 18.2 Å². The van der Waals surface area contributed by atoms with E-state index in [-0.39, 0.29) is 17.4 Å². The van der Waals surface area contributed by atoms with Crippen molar-refractivity contribution in [3.05, 3.63) is 41.8 Å². The van der Waals surface area contributed by atoms with Crippen molar-refractivity contribution in [2.75, 3.05) is 13.1 Å². The van der Waals surface area contributed by atoms with Crippen molar-refractivity contribution in [2.24, 2.45) is 10.2 Å². The molecule has 2 rings (SSSR count). The Kier molecular flexibility index (Phi) is 4.28. The molecule has 1 aliphatic rings. The molecule has 1 N–H and O–H groups in total. The topological polar surface area (TPSA) is 65.3 Å². The summed E-state index contributed by atoms with van der Waals surface area (Å²) in [5, 5.41) is 17.5. The maximum Gasteiger partial charge on any atom is 0.277 e. The van der Waals surface area contributed by atoms with Crippen molar-refractivity contribution in [1.82, 2.24) is 4.90 Å². The van der Waals surface area contributed by atoms with E-state index in [2.05, 4.69) is 10.2 Å². The summed E-state index contributed by atoms with van der Waals surface area (Å²) in [7, 11) is 0. The Labute approximate surface area is 112 Å². The molecule has 0 saturated carbocycles. The fraction of sp³-hybridized carbons (Fsp3) is 0.357. The van der Waals surface area contributed by atoms with E-state index in [0.717, 1.165) is 25.9 Å². The van der Waals surface area contributed by atoms with Crippen molar-refractivity contribution in [1.29, 1.82) is 0 Å². The van der Waals surface area contributed by atoms with Crippen molar-refractivity contribution < 1.29 is 9.90 Å². The molecule has 1 saturated heterocycles. The highest BCUT2D eigenvalue weighted by Gasteiger charge is 2.23. The summed E-state index contributed by atoms with van der Waals surface area (Å²) in [4.78, 5) is 13.9. The number of nitrogens with zero attached hydrogens (tertiary/aromatic N) is 3. The molecule has 100 valence electrons. The number of rotatable bonds is 3. The largest absolute Gasteiger partial charge is 0.510 e. The number of benzene rings is 1. The van der Waals surface area contributed by atoms with Gasteiger partial charge in [0, 0.05) is 13.1 Å². The quantitative estimate of drug-likeness (QED) is 0.514. The highest BCUT2D eigenvalue weighted by atomic mass is 16.3. The van der Waals surface area contributed by atoms with Gasteiger partial charge in [0.25, 0.3) is 5.91 Å². The van der Waals surface area contributed by atoms with Gasteiger partial charge >= 0.3 is 0 Å². The zero-order chi connectivity index (χ0) is 13.7. The first-order valence-corrected chi connectivity index (χ1v) is 6.34. The molecule has 0 aliphatic carbocycles. The molecule has 0 atom stereocenters. The molecule has 1 aromatic rings. The van der Waals surface area contributed by atoms with Crippen molar-refractivity contribution in [3.63, 3.8) is 0 Å². The van der Waals surface area contributed by atoms with Crippen LogP contribution in [-0.4, -0.2) is 29.0 Å². The van der Waals surface area contributed by atoms with E-state index >= 15 is 0 Å². The molecular weight excluding hydrogens is 242 g/mol. The second-order valence-electron chi connectivity index (χ2n) is 4.47. The standard InChI is InChI=1S/C14H17N3O2/c1-11(18)13(14(19)17-9-5-6-10-17)16-15-12-7-3-2-4-8-12/h2-4,7-8,18H,5-6,9-10H2,1H3. The monoisotopic (exact) mass is 259 g/mol. The molecule has 0 aromatic heterocycles. The molecule has 0 unspecified atom stereocenters. The van der Waals surface area contributed by atoms with Gasteiger partial charge in [-0.05, 0) is 31.9 Å². The number of aliphatic hydroxyl groups is 1. The van der Waals surface area contributed by atoms with Gasteiger partial charge in [0.05, 0.1) is 5.69 Å². The summed E-state index contributed by atoms with van der Waals surface area (Å²) in [6, 6.07) is 9.13. The Morgan fingerprint density at radius 3 is 2.42 bits per heavy atom. The Bertz CT molecular complexity index is 499. The van der Waals surface area contributed by atoms with Crippen LogP contribution in [0.15, 0.2) is 52.0 Å². The number of carbonyl (C=O) groups excluding carboxylic acids is 1. The second kappa shape index (κ2) is 6.13. The van der Waals surface area contributed by atoms with Gasteiger partial charge in [-0.2, -0.15) is 5.11 Å². The van der Waals surface area contributed by atoms with Crippen LogP contribution >= 0.6 is 0 Å². The third-order valence-corrected chi connectivity index (χ3v) is 2.96. The number of allylic oxidation sites excluding steroid dienone is 1. The lowest BCUT2D eigenvalue weighted by Gasteiger charge is -2.14. The fourth-order valence-electron chi connectivity index (χ4n) is 1.94. The minimum Gasteiger partial charge on any atom is -0.510 e. The minimum atomic E-state index is -0.253. The molecule has 1 heterocycles. The van der Waals surface area contributed by atoms with E-state index in [4.69, 9.17) is 0 Å². The molecule has 5 heteroatoms. The third kappa shape index (κ3) is 3.40. The lowest BCUT2D eigenvalue weighted by Crippen LogP contribution is -2.29. The van der Waals surface area contributed by atoms with Gasteiger partial charge < -0.3 is 10.0 Å². The molecular formula is C14H17N3O2. The van der Waals surface area contributed by atoms with E-state index in [0.29, 0.717) is 5.69 Å². The number of likely N-dealkylation sites (tertiary alicyclic amines) is 1. The maximum atomic E-state index is 12.2. The third-order valence-electron chi connectivity index (χ3n) is 2.96. The first-order valence-electron chi connectivity index (χ1n) is 6.34. The van der Waals surface area contributed by atoms with E-state index in [1.807, 2.05) is 18.2 Å². The molecule has 5 nitrogen and oxygen atoms in total. The molecule has 0 bridgehead atoms. The number of carbonyl (C=O) groups is 1. The Morgan fingerprint density at radius 2 is 1.84 bits per heavy atom. The van der Waals surface area contributed by atoms with Crippen LogP contribution in [0.1, 0.15) is 19.8 Å². The molecule has 0 spiro atoms. The summed E-state index contributed by atoms with van der Waals surface area (Å²) in [5.74, 6) is -0.353. The average Bonchev–Trinajstić information content (AvgIpc) is 2.93. The van der Waals surface area contributed by atoms with Gasteiger partial charge in [0.1, 0.15) is 5.76 Å². The summed E-state index contributed by atoms with van der Waals surface area (Å²) in [6.45, 7) is 2.89. The first kappa shape index (κ1) is 13.3. The van der Waals surface area contributed by atoms with Gasteiger partial charge in [-0.25, -0.2) is 0 Å². The highest BCUT2D eigenvalue weighted by molar-refractivity contribution is 5.93. The van der Waals surface area contributed by atoms with Gasteiger partial charge in [0.15, 0.2) is 5.70 Å². The SMILES string of the molecule is CC(O)=C(N=Nc1ccccc1)C(=O)N1CCCC1. The summed E-state index contributed by atoms with van der Waals surface area (Å²) in [6.07, 6.45) is 2.00. The van der Waals surface area contributed by atoms with Crippen molar-refractivity contribution >= 4 is 11.6 Å². The van der Waals surface area contributed by atoms with Crippen LogP contribution in [0.4, 0.5) is 5.69 Å². The van der Waals surface area contributed by atoms with E-state index in [9.17, 15) is 9.90 Å². The van der Waals surface area contributed by atoms with Crippen LogP contribution in [0.5, 0.6) is 0 Å². The van der Waals surface area contributed by atoms with Crippen LogP contribution in [0, 0.1) is 0 Å². The highest BCUT2D eigenvalue weighted by Crippen LogP contribution is 2.18. The minimum absolute atomic E-state index is 0.0192. The predicted molar refractivity (Wildman–Crippen MR) is 72.1 cm³/mol. The number of aliphatic hydroxyl groups excluding tert-OH is 1. The van der Waals surface area contributed by atoms with Crippen molar-refractivity contribution in [3.8, 4) is 0 Å².